The molecule has 29 heavy (non-hydrogen) atoms. The second-order valence-corrected chi connectivity index (χ2v) is 7.88. The number of hydrogen-bond acceptors (Lipinski definition) is 4. The van der Waals surface area contributed by atoms with Crippen LogP contribution in [0.4, 0.5) is 5.69 Å². The lowest BCUT2D eigenvalue weighted by molar-refractivity contribution is -0.123. The molecule has 0 bridgehead atoms. The third kappa shape index (κ3) is 6.48. The molecule has 0 aliphatic rings. The maximum Gasteiger partial charge on any atom is 0.262 e. The summed E-state index contributed by atoms with van der Waals surface area (Å²) in [6, 6.07) is 11.5. The van der Waals surface area contributed by atoms with Crippen molar-refractivity contribution < 1.29 is 9.59 Å². The van der Waals surface area contributed by atoms with Gasteiger partial charge in [-0.15, -0.1) is 0 Å². The lowest BCUT2D eigenvalue weighted by Crippen LogP contribution is -2.48. The van der Waals surface area contributed by atoms with Gasteiger partial charge in [0.25, 0.3) is 11.8 Å². The van der Waals surface area contributed by atoms with Crippen LogP contribution in [0.3, 0.4) is 0 Å². The zero-order valence-electron chi connectivity index (χ0n) is 16.7. The van der Waals surface area contributed by atoms with Crippen LogP contribution >= 0.6 is 23.2 Å². The molecule has 1 unspecified atom stereocenters. The Hall–Kier alpha value is -2.57. The fraction of sp³-hybridized carbons (Fsp3) is 0.286. The van der Waals surface area contributed by atoms with Gasteiger partial charge in [-0.1, -0.05) is 49.2 Å². The molecule has 0 aliphatic carbocycles. The molecule has 0 heterocycles. The Balaban J connectivity index is 2.02. The standard InChI is InChI=1S/C21H24Cl2N4O2/c1-13(2)19(25-20(28)17-10-7-15(22)11-18(17)23)21(29)26-24-12-14-5-8-16(9-6-14)27(3)4/h5-13,19H,1-4H3,(H,25,28)(H,26,29). The normalized spacial score (nSPS) is 12.1. The largest absolute Gasteiger partial charge is 0.378 e. The molecule has 2 aromatic carbocycles. The summed E-state index contributed by atoms with van der Waals surface area (Å²) in [4.78, 5) is 27.0. The van der Waals surface area contributed by atoms with Crippen LogP contribution < -0.4 is 15.6 Å². The van der Waals surface area contributed by atoms with Crippen molar-refractivity contribution in [1.29, 1.82) is 0 Å². The van der Waals surface area contributed by atoms with Crippen LogP contribution in [-0.2, 0) is 4.79 Å². The molecule has 154 valence electrons. The first-order valence-corrected chi connectivity index (χ1v) is 9.81. The predicted octanol–water partition coefficient (Wildman–Crippen LogP) is 3.96. The average Bonchev–Trinajstić information content (AvgIpc) is 2.65. The number of nitrogens with zero attached hydrogens (tertiary/aromatic N) is 2. The number of carbonyl (C=O) groups excluding carboxylic acids is 2. The van der Waals surface area contributed by atoms with Crippen molar-refractivity contribution in [3.63, 3.8) is 0 Å². The maximum atomic E-state index is 12.5. The van der Waals surface area contributed by atoms with E-state index < -0.39 is 17.9 Å². The van der Waals surface area contributed by atoms with Crippen LogP contribution in [0.15, 0.2) is 47.6 Å². The smallest absolute Gasteiger partial charge is 0.262 e. The molecule has 0 aromatic heterocycles. The van der Waals surface area contributed by atoms with Gasteiger partial charge in [0.2, 0.25) is 0 Å². The lowest BCUT2D eigenvalue weighted by Gasteiger charge is -2.20. The van der Waals surface area contributed by atoms with Gasteiger partial charge in [-0.25, -0.2) is 5.43 Å². The Morgan fingerprint density at radius 3 is 2.28 bits per heavy atom. The third-order valence-corrected chi connectivity index (χ3v) is 4.76. The minimum Gasteiger partial charge on any atom is -0.378 e. The minimum atomic E-state index is -0.775. The van der Waals surface area contributed by atoms with E-state index in [2.05, 4.69) is 15.8 Å². The van der Waals surface area contributed by atoms with Gasteiger partial charge in [-0.3, -0.25) is 9.59 Å². The Labute approximate surface area is 180 Å². The highest BCUT2D eigenvalue weighted by Crippen LogP contribution is 2.21. The molecular formula is C21H24Cl2N4O2. The van der Waals surface area contributed by atoms with Crippen molar-refractivity contribution in [3.05, 3.63) is 63.6 Å². The summed E-state index contributed by atoms with van der Waals surface area (Å²) < 4.78 is 0. The summed E-state index contributed by atoms with van der Waals surface area (Å²) in [5.74, 6) is -1.03. The van der Waals surface area contributed by atoms with Crippen molar-refractivity contribution >= 4 is 46.9 Å². The molecule has 0 radical (unpaired) electrons. The second-order valence-electron chi connectivity index (χ2n) is 7.04. The molecule has 2 amide bonds. The van der Waals surface area contributed by atoms with Gasteiger partial charge in [-0.2, -0.15) is 5.10 Å². The van der Waals surface area contributed by atoms with Gasteiger partial charge in [0.05, 0.1) is 16.8 Å². The molecule has 2 rings (SSSR count). The van der Waals surface area contributed by atoms with Gasteiger partial charge < -0.3 is 10.2 Å². The number of anilines is 1. The number of rotatable bonds is 7. The maximum absolute atomic E-state index is 12.5. The Morgan fingerprint density at radius 2 is 1.72 bits per heavy atom. The Bertz CT molecular complexity index is 896. The first-order valence-electron chi connectivity index (χ1n) is 9.05. The van der Waals surface area contributed by atoms with Gasteiger partial charge in [0.1, 0.15) is 6.04 Å². The molecule has 6 nitrogen and oxygen atoms in total. The van der Waals surface area contributed by atoms with Gasteiger partial charge in [-0.05, 0) is 41.8 Å². The van der Waals surface area contributed by atoms with Crippen molar-refractivity contribution in [2.75, 3.05) is 19.0 Å². The number of halogens is 2. The van der Waals surface area contributed by atoms with E-state index in [-0.39, 0.29) is 16.5 Å². The van der Waals surface area contributed by atoms with Crippen molar-refractivity contribution in [2.45, 2.75) is 19.9 Å². The summed E-state index contributed by atoms with van der Waals surface area (Å²) in [6.07, 6.45) is 1.55. The van der Waals surface area contributed by atoms with E-state index in [4.69, 9.17) is 23.2 Å². The van der Waals surface area contributed by atoms with E-state index in [9.17, 15) is 9.59 Å². The van der Waals surface area contributed by atoms with Gasteiger partial charge in [0, 0.05) is 24.8 Å². The molecule has 8 heteroatoms. The molecular weight excluding hydrogens is 411 g/mol. The molecule has 0 spiro atoms. The molecule has 2 aromatic rings. The molecule has 0 fully saturated rings. The number of benzene rings is 2. The fourth-order valence-electron chi connectivity index (χ4n) is 2.53. The SMILES string of the molecule is CC(C)C(NC(=O)c1ccc(Cl)cc1Cl)C(=O)NN=Cc1ccc(N(C)C)cc1. The molecule has 2 N–H and O–H groups in total. The topological polar surface area (TPSA) is 73.8 Å². The summed E-state index contributed by atoms with van der Waals surface area (Å²) in [5.41, 5.74) is 4.64. The zero-order chi connectivity index (χ0) is 21.6. The second kappa shape index (κ2) is 10.3. The lowest BCUT2D eigenvalue weighted by atomic mass is 10.0. The first-order chi connectivity index (χ1) is 13.7. The van der Waals surface area contributed by atoms with Crippen LogP contribution in [-0.4, -0.2) is 38.2 Å². The summed E-state index contributed by atoms with van der Waals surface area (Å²) in [5, 5.41) is 7.35. The van der Waals surface area contributed by atoms with Crippen LogP contribution in [0.1, 0.15) is 29.8 Å². The van der Waals surface area contributed by atoms with Gasteiger partial charge in [0.15, 0.2) is 0 Å². The number of hydrogen-bond donors (Lipinski definition) is 2. The summed E-state index contributed by atoms with van der Waals surface area (Å²) in [6.45, 7) is 3.66. The number of hydrazone groups is 1. The monoisotopic (exact) mass is 434 g/mol. The van der Waals surface area contributed by atoms with Crippen LogP contribution in [0.2, 0.25) is 10.0 Å². The quantitative estimate of drug-likeness (QED) is 0.511. The van der Waals surface area contributed by atoms with Crippen molar-refractivity contribution in [3.8, 4) is 0 Å². The predicted molar refractivity (Wildman–Crippen MR) is 119 cm³/mol. The first kappa shape index (κ1) is 22.7. The van der Waals surface area contributed by atoms with Crippen LogP contribution in [0.5, 0.6) is 0 Å². The zero-order valence-corrected chi connectivity index (χ0v) is 18.3. The fourth-order valence-corrected chi connectivity index (χ4v) is 3.02. The van der Waals surface area contributed by atoms with Gasteiger partial charge >= 0.3 is 0 Å². The number of amides is 2. The number of carbonyl (C=O) groups is 2. The highest BCUT2D eigenvalue weighted by molar-refractivity contribution is 6.36. The average molecular weight is 435 g/mol. The molecule has 1 atom stereocenters. The van der Waals surface area contributed by atoms with E-state index in [1.807, 2.05) is 57.1 Å². The Morgan fingerprint density at radius 1 is 1.07 bits per heavy atom. The molecule has 0 aliphatic heterocycles. The van der Waals surface area contributed by atoms with Crippen LogP contribution in [0.25, 0.3) is 0 Å². The highest BCUT2D eigenvalue weighted by Gasteiger charge is 2.25. The van der Waals surface area contributed by atoms with E-state index in [0.29, 0.717) is 5.02 Å². The van der Waals surface area contributed by atoms with E-state index in [1.165, 1.54) is 12.1 Å². The minimum absolute atomic E-state index is 0.153. The third-order valence-electron chi connectivity index (χ3n) is 4.21. The molecule has 0 saturated heterocycles. The van der Waals surface area contributed by atoms with E-state index in [0.717, 1.165) is 11.3 Å². The molecule has 0 saturated carbocycles. The van der Waals surface area contributed by atoms with E-state index >= 15 is 0 Å². The van der Waals surface area contributed by atoms with E-state index in [1.54, 1.807) is 12.3 Å². The van der Waals surface area contributed by atoms with Crippen LogP contribution in [0, 0.1) is 5.92 Å². The van der Waals surface area contributed by atoms with Crippen molar-refractivity contribution in [1.82, 2.24) is 10.7 Å². The highest BCUT2D eigenvalue weighted by atomic mass is 35.5. The summed E-state index contributed by atoms with van der Waals surface area (Å²) >= 11 is 11.9. The van der Waals surface area contributed by atoms with Crippen molar-refractivity contribution in [2.24, 2.45) is 11.0 Å². The number of nitrogens with one attached hydrogen (secondary N) is 2. The summed E-state index contributed by atoms with van der Waals surface area (Å²) in [7, 11) is 3.92. The Kier molecular flexibility index (Phi) is 8.05.